The Labute approximate surface area is 178 Å². The first-order valence-corrected chi connectivity index (χ1v) is 9.39. The number of carbonyl (C=O) groups excluding carboxylic acids is 2. The number of carbonyl (C=O) groups is 2. The Bertz CT molecular complexity index is 949. The van der Waals surface area contributed by atoms with Crippen molar-refractivity contribution in [3.8, 4) is 17.2 Å². The molecule has 9 nitrogen and oxygen atoms in total. The molecule has 10 heteroatoms. The summed E-state index contributed by atoms with van der Waals surface area (Å²) in [5.74, 6) is -0.872. The molecule has 0 aliphatic heterocycles. The first kappa shape index (κ1) is 23.0. The van der Waals surface area contributed by atoms with Gasteiger partial charge in [0.15, 0.2) is 18.1 Å². The number of halogens is 1. The van der Waals surface area contributed by atoms with Gasteiger partial charge in [-0.2, -0.15) is 0 Å². The quantitative estimate of drug-likeness (QED) is 0.357. The Balaban J connectivity index is 2.14. The van der Waals surface area contributed by atoms with Crippen LogP contribution in [0.15, 0.2) is 36.4 Å². The van der Waals surface area contributed by atoms with Crippen molar-refractivity contribution in [1.82, 2.24) is 5.32 Å². The number of nitrogens with zero attached hydrogens (tertiary/aromatic N) is 1. The number of rotatable bonds is 9. The van der Waals surface area contributed by atoms with Crippen LogP contribution < -0.4 is 14.8 Å². The molecule has 0 saturated carbocycles. The SMILES string of the molecule is CC[C@@H](C)NC(=O)COC(=O)c1ccc(Oc2ccc(Cl)cc2[N+](=O)[O-])c(OC)c1. The van der Waals surface area contributed by atoms with Gasteiger partial charge < -0.3 is 19.5 Å². The highest BCUT2D eigenvalue weighted by Gasteiger charge is 2.20. The molecule has 0 aromatic heterocycles. The Morgan fingerprint density at radius 1 is 1.17 bits per heavy atom. The second kappa shape index (κ2) is 10.4. The number of amides is 1. The lowest BCUT2D eigenvalue weighted by atomic mass is 10.2. The van der Waals surface area contributed by atoms with Crippen molar-refractivity contribution >= 4 is 29.2 Å². The van der Waals surface area contributed by atoms with E-state index in [-0.39, 0.29) is 39.6 Å². The van der Waals surface area contributed by atoms with Crippen molar-refractivity contribution in [2.75, 3.05) is 13.7 Å². The third-order valence-corrected chi connectivity index (χ3v) is 4.33. The van der Waals surface area contributed by atoms with E-state index < -0.39 is 23.4 Å². The molecule has 0 unspecified atom stereocenters. The number of benzene rings is 2. The lowest BCUT2D eigenvalue weighted by Crippen LogP contribution is -2.35. The second-order valence-electron chi connectivity index (χ2n) is 6.29. The van der Waals surface area contributed by atoms with Gasteiger partial charge in [-0.15, -0.1) is 0 Å². The molecule has 0 radical (unpaired) electrons. The summed E-state index contributed by atoms with van der Waals surface area (Å²) >= 11 is 5.80. The fourth-order valence-corrected chi connectivity index (χ4v) is 2.52. The highest BCUT2D eigenvalue weighted by molar-refractivity contribution is 6.30. The number of hydrogen-bond donors (Lipinski definition) is 1. The first-order chi connectivity index (χ1) is 14.2. The molecule has 0 heterocycles. The van der Waals surface area contributed by atoms with Crippen LogP contribution >= 0.6 is 11.6 Å². The molecule has 0 aliphatic carbocycles. The number of esters is 1. The Morgan fingerprint density at radius 2 is 1.87 bits per heavy atom. The number of nitrogens with one attached hydrogen (secondary N) is 1. The molecule has 1 N–H and O–H groups in total. The van der Waals surface area contributed by atoms with Crippen LogP contribution in [0.2, 0.25) is 5.02 Å². The summed E-state index contributed by atoms with van der Waals surface area (Å²) in [5.41, 5.74) is -0.193. The summed E-state index contributed by atoms with van der Waals surface area (Å²) in [7, 11) is 1.35. The molecule has 0 bridgehead atoms. The molecular weight excluding hydrogens is 416 g/mol. The molecule has 2 rings (SSSR count). The molecule has 0 spiro atoms. The average Bonchev–Trinajstić information content (AvgIpc) is 2.73. The molecule has 0 fully saturated rings. The van der Waals surface area contributed by atoms with Gasteiger partial charge in [-0.25, -0.2) is 4.79 Å². The molecule has 30 heavy (non-hydrogen) atoms. The predicted octanol–water partition coefficient (Wildman–Crippen LogP) is 4.12. The van der Waals surface area contributed by atoms with Crippen LogP contribution in [0.3, 0.4) is 0 Å². The molecule has 160 valence electrons. The summed E-state index contributed by atoms with van der Waals surface area (Å²) in [6.07, 6.45) is 0.754. The van der Waals surface area contributed by atoms with Crippen molar-refractivity contribution < 1.29 is 28.7 Å². The van der Waals surface area contributed by atoms with Gasteiger partial charge in [0.2, 0.25) is 5.75 Å². The highest BCUT2D eigenvalue weighted by Crippen LogP contribution is 2.37. The molecule has 1 atom stereocenters. The third kappa shape index (κ3) is 6.08. The van der Waals surface area contributed by atoms with E-state index in [4.69, 9.17) is 25.8 Å². The van der Waals surface area contributed by atoms with Crippen molar-refractivity contribution in [3.05, 3.63) is 57.1 Å². The Kier molecular flexibility index (Phi) is 7.99. The number of methoxy groups -OCH3 is 1. The first-order valence-electron chi connectivity index (χ1n) is 9.01. The van der Waals surface area contributed by atoms with Gasteiger partial charge >= 0.3 is 11.7 Å². The zero-order valence-corrected chi connectivity index (χ0v) is 17.4. The van der Waals surface area contributed by atoms with Crippen LogP contribution in [0.25, 0.3) is 0 Å². The Morgan fingerprint density at radius 3 is 2.50 bits per heavy atom. The zero-order chi connectivity index (χ0) is 22.3. The molecule has 0 saturated heterocycles. The lowest BCUT2D eigenvalue weighted by Gasteiger charge is -2.13. The van der Waals surface area contributed by atoms with E-state index in [0.717, 1.165) is 6.42 Å². The van der Waals surface area contributed by atoms with Gasteiger partial charge in [0.05, 0.1) is 17.6 Å². The maximum Gasteiger partial charge on any atom is 0.338 e. The summed E-state index contributed by atoms with van der Waals surface area (Å²) < 4.78 is 15.8. The van der Waals surface area contributed by atoms with Gasteiger partial charge in [0.1, 0.15) is 0 Å². The van der Waals surface area contributed by atoms with Crippen LogP contribution in [0.1, 0.15) is 30.6 Å². The van der Waals surface area contributed by atoms with E-state index in [1.54, 1.807) is 0 Å². The largest absolute Gasteiger partial charge is 0.493 e. The summed E-state index contributed by atoms with van der Waals surface area (Å²) in [4.78, 5) is 34.6. The molecule has 2 aromatic carbocycles. The van der Waals surface area contributed by atoms with Crippen LogP contribution in [0, 0.1) is 10.1 Å². The van der Waals surface area contributed by atoms with Gasteiger partial charge in [0.25, 0.3) is 5.91 Å². The molecule has 0 aliphatic rings. The fourth-order valence-electron chi connectivity index (χ4n) is 2.35. The predicted molar refractivity (Wildman–Crippen MR) is 109 cm³/mol. The topological polar surface area (TPSA) is 117 Å². The minimum absolute atomic E-state index is 0.0235. The van der Waals surface area contributed by atoms with E-state index in [0.29, 0.717) is 0 Å². The molecule has 2 aromatic rings. The van der Waals surface area contributed by atoms with Crippen molar-refractivity contribution in [1.29, 1.82) is 0 Å². The van der Waals surface area contributed by atoms with Crippen LogP contribution in [-0.4, -0.2) is 36.6 Å². The standard InChI is InChI=1S/C20H21ClN2O7/c1-4-12(2)22-19(24)11-29-20(25)13-5-7-17(18(9-13)28-3)30-16-8-6-14(21)10-15(16)23(26)27/h5-10,12H,4,11H2,1-3H3,(H,22,24)/t12-/m1/s1. The van der Waals surface area contributed by atoms with Crippen LogP contribution in [0.5, 0.6) is 17.2 Å². The molecule has 1 amide bonds. The van der Waals surface area contributed by atoms with Gasteiger partial charge in [0, 0.05) is 17.1 Å². The second-order valence-corrected chi connectivity index (χ2v) is 6.73. The van der Waals surface area contributed by atoms with Crippen LogP contribution in [0.4, 0.5) is 5.69 Å². The number of ether oxygens (including phenoxy) is 3. The van der Waals surface area contributed by atoms with Gasteiger partial charge in [-0.1, -0.05) is 18.5 Å². The summed E-state index contributed by atoms with van der Waals surface area (Å²) in [6.45, 7) is 3.35. The monoisotopic (exact) mass is 436 g/mol. The van der Waals surface area contributed by atoms with Crippen molar-refractivity contribution in [3.63, 3.8) is 0 Å². The maximum atomic E-state index is 12.2. The lowest BCUT2D eigenvalue weighted by molar-refractivity contribution is -0.385. The van der Waals surface area contributed by atoms with Crippen molar-refractivity contribution in [2.24, 2.45) is 0 Å². The van der Waals surface area contributed by atoms with E-state index in [1.807, 2.05) is 13.8 Å². The minimum Gasteiger partial charge on any atom is -0.493 e. The van der Waals surface area contributed by atoms with E-state index in [9.17, 15) is 19.7 Å². The van der Waals surface area contributed by atoms with Gasteiger partial charge in [-0.05, 0) is 43.7 Å². The van der Waals surface area contributed by atoms with Crippen LogP contribution in [-0.2, 0) is 9.53 Å². The number of nitro benzene ring substituents is 1. The summed E-state index contributed by atoms with van der Waals surface area (Å²) in [5, 5.41) is 14.1. The zero-order valence-electron chi connectivity index (χ0n) is 16.6. The van der Waals surface area contributed by atoms with Gasteiger partial charge in [-0.3, -0.25) is 14.9 Å². The number of nitro groups is 1. The average molecular weight is 437 g/mol. The smallest absolute Gasteiger partial charge is 0.338 e. The van der Waals surface area contributed by atoms with E-state index in [2.05, 4.69) is 5.32 Å². The van der Waals surface area contributed by atoms with E-state index in [1.165, 1.54) is 43.5 Å². The highest BCUT2D eigenvalue weighted by atomic mass is 35.5. The summed E-state index contributed by atoms with van der Waals surface area (Å²) in [6, 6.07) is 8.11. The number of hydrogen-bond acceptors (Lipinski definition) is 7. The Hall–Kier alpha value is -3.33. The third-order valence-electron chi connectivity index (χ3n) is 4.09. The fraction of sp³-hybridized carbons (Fsp3) is 0.300. The maximum absolute atomic E-state index is 12.2. The normalized spacial score (nSPS) is 11.3. The molecular formula is C20H21ClN2O7. The van der Waals surface area contributed by atoms with Crippen molar-refractivity contribution in [2.45, 2.75) is 26.3 Å². The van der Waals surface area contributed by atoms with E-state index >= 15 is 0 Å². The minimum atomic E-state index is -0.725.